The first-order valence-corrected chi connectivity index (χ1v) is 13.5. The number of nitrogens with zero attached hydrogens (tertiary/aromatic N) is 3. The summed E-state index contributed by atoms with van der Waals surface area (Å²) in [6.07, 6.45) is 0. The van der Waals surface area contributed by atoms with Gasteiger partial charge in [0.25, 0.3) is 0 Å². The van der Waals surface area contributed by atoms with Gasteiger partial charge in [0.05, 0.1) is 22.2 Å². The SMILES string of the molecule is C[C@H]1CN(c2cccc3[nH]c(-c4ccc(C(C)(C)C)cc4)nc23)CCN1Cc1ccc2[nH]c(=O)c(=O)[nH]c2c1. The van der Waals surface area contributed by atoms with Crippen molar-refractivity contribution in [1.29, 1.82) is 0 Å². The Kier molecular flexibility index (Phi) is 6.14. The first-order valence-electron chi connectivity index (χ1n) is 13.5. The molecule has 200 valence electrons. The summed E-state index contributed by atoms with van der Waals surface area (Å²) >= 11 is 0. The number of hydrogen-bond acceptors (Lipinski definition) is 5. The molecule has 3 N–H and O–H groups in total. The molecule has 2 aromatic heterocycles. The Morgan fingerprint density at radius 3 is 2.33 bits per heavy atom. The number of aromatic amines is 3. The highest BCUT2D eigenvalue weighted by atomic mass is 16.2. The minimum atomic E-state index is -0.627. The average molecular weight is 523 g/mol. The fraction of sp³-hybridized carbons (Fsp3) is 0.323. The molecule has 0 amide bonds. The van der Waals surface area contributed by atoms with Crippen molar-refractivity contribution in [2.75, 3.05) is 24.5 Å². The van der Waals surface area contributed by atoms with Gasteiger partial charge < -0.3 is 19.9 Å². The van der Waals surface area contributed by atoms with Crippen LogP contribution in [0, 0.1) is 0 Å². The molecule has 3 heterocycles. The third kappa shape index (κ3) is 4.88. The number of anilines is 1. The van der Waals surface area contributed by atoms with Crippen molar-refractivity contribution in [2.24, 2.45) is 0 Å². The molecule has 0 spiro atoms. The van der Waals surface area contributed by atoms with Crippen LogP contribution >= 0.6 is 0 Å². The topological polar surface area (TPSA) is 101 Å². The molecule has 0 saturated carbocycles. The van der Waals surface area contributed by atoms with Crippen LogP contribution in [0.1, 0.15) is 38.8 Å². The number of benzene rings is 3. The van der Waals surface area contributed by atoms with Crippen molar-refractivity contribution in [2.45, 2.75) is 45.7 Å². The van der Waals surface area contributed by atoms with Crippen molar-refractivity contribution in [3.63, 3.8) is 0 Å². The molecule has 1 atom stereocenters. The second kappa shape index (κ2) is 9.54. The summed E-state index contributed by atoms with van der Waals surface area (Å²) in [6.45, 7) is 12.4. The lowest BCUT2D eigenvalue weighted by molar-refractivity contribution is 0.181. The largest absolute Gasteiger partial charge is 0.367 e. The van der Waals surface area contributed by atoms with Crippen molar-refractivity contribution in [3.05, 3.63) is 92.5 Å². The van der Waals surface area contributed by atoms with E-state index >= 15 is 0 Å². The molecule has 8 heteroatoms. The second-order valence-electron chi connectivity index (χ2n) is 11.6. The van der Waals surface area contributed by atoms with Crippen LogP contribution in [0.5, 0.6) is 0 Å². The van der Waals surface area contributed by atoms with Crippen molar-refractivity contribution in [1.82, 2.24) is 24.8 Å². The van der Waals surface area contributed by atoms with E-state index in [0.717, 1.165) is 59.9 Å². The van der Waals surface area contributed by atoms with Crippen molar-refractivity contribution >= 4 is 27.8 Å². The zero-order valence-corrected chi connectivity index (χ0v) is 22.8. The van der Waals surface area contributed by atoms with Crippen LogP contribution in [-0.2, 0) is 12.0 Å². The summed E-state index contributed by atoms with van der Waals surface area (Å²) in [5.41, 5.74) is 6.84. The third-order valence-corrected chi connectivity index (χ3v) is 7.79. The molecule has 1 aliphatic rings. The molecule has 0 bridgehead atoms. The first-order chi connectivity index (χ1) is 18.7. The zero-order valence-electron chi connectivity index (χ0n) is 22.8. The standard InChI is InChI=1S/C31H34N6O2/c1-19-17-37(15-14-36(19)18-20-8-13-23-25(16-20)34-30(39)29(38)33-23)26-7-5-6-24-27(26)35-28(32-24)21-9-11-22(12-10-21)31(2,3)4/h5-13,16,19H,14-15,17-18H2,1-4H3,(H,32,35)(H,33,38)(H,34,39)/t19-/m0/s1. The molecular formula is C31H34N6O2. The number of fused-ring (bicyclic) bond motifs is 2. The minimum Gasteiger partial charge on any atom is -0.367 e. The van der Waals surface area contributed by atoms with E-state index in [-0.39, 0.29) is 5.41 Å². The molecule has 3 aromatic carbocycles. The molecule has 8 nitrogen and oxygen atoms in total. The van der Waals surface area contributed by atoms with Crippen LogP contribution in [0.3, 0.4) is 0 Å². The molecule has 5 aromatic rings. The summed E-state index contributed by atoms with van der Waals surface area (Å²) in [6, 6.07) is 21.2. The maximum absolute atomic E-state index is 11.8. The summed E-state index contributed by atoms with van der Waals surface area (Å²) < 4.78 is 0. The van der Waals surface area contributed by atoms with Crippen molar-refractivity contribution in [3.8, 4) is 11.4 Å². The lowest BCUT2D eigenvalue weighted by Gasteiger charge is -2.41. The van der Waals surface area contributed by atoms with E-state index in [4.69, 9.17) is 4.98 Å². The van der Waals surface area contributed by atoms with Gasteiger partial charge in [-0.2, -0.15) is 0 Å². The molecule has 1 saturated heterocycles. The summed E-state index contributed by atoms with van der Waals surface area (Å²) in [5, 5.41) is 0. The van der Waals surface area contributed by atoms with Crippen LogP contribution < -0.4 is 16.0 Å². The molecule has 0 aliphatic carbocycles. The number of rotatable bonds is 4. The normalized spacial score (nSPS) is 16.8. The predicted molar refractivity (Wildman–Crippen MR) is 158 cm³/mol. The van der Waals surface area contributed by atoms with E-state index in [2.05, 4.69) is 94.9 Å². The van der Waals surface area contributed by atoms with Gasteiger partial charge in [-0.05, 0) is 47.7 Å². The van der Waals surface area contributed by atoms with Gasteiger partial charge in [0.1, 0.15) is 11.3 Å². The predicted octanol–water partition coefficient (Wildman–Crippen LogP) is 4.77. The molecule has 6 rings (SSSR count). The lowest BCUT2D eigenvalue weighted by atomic mass is 9.87. The molecule has 1 fully saturated rings. The van der Waals surface area contributed by atoms with E-state index < -0.39 is 11.1 Å². The van der Waals surface area contributed by atoms with E-state index in [1.807, 2.05) is 18.2 Å². The van der Waals surface area contributed by atoms with Crippen LogP contribution in [0.2, 0.25) is 0 Å². The second-order valence-corrected chi connectivity index (χ2v) is 11.6. The summed E-state index contributed by atoms with van der Waals surface area (Å²) in [4.78, 5) is 42.1. The highest BCUT2D eigenvalue weighted by molar-refractivity contribution is 5.91. The van der Waals surface area contributed by atoms with Gasteiger partial charge in [-0.25, -0.2) is 4.98 Å². The van der Waals surface area contributed by atoms with Gasteiger partial charge >= 0.3 is 11.1 Å². The maximum Gasteiger partial charge on any atom is 0.314 e. The van der Waals surface area contributed by atoms with Gasteiger partial charge in [-0.1, -0.05) is 57.2 Å². The number of piperazine rings is 1. The maximum atomic E-state index is 11.8. The monoisotopic (exact) mass is 522 g/mol. The van der Waals surface area contributed by atoms with E-state index in [1.54, 1.807) is 0 Å². The van der Waals surface area contributed by atoms with Crippen LogP contribution in [0.4, 0.5) is 5.69 Å². The molecular weight excluding hydrogens is 488 g/mol. The fourth-order valence-corrected chi connectivity index (χ4v) is 5.48. The Hall–Kier alpha value is -4.17. The Bertz CT molecular complexity index is 1770. The van der Waals surface area contributed by atoms with Crippen LogP contribution in [0.15, 0.2) is 70.3 Å². The Balaban J connectivity index is 1.20. The summed E-state index contributed by atoms with van der Waals surface area (Å²) in [7, 11) is 0. The average Bonchev–Trinajstić information content (AvgIpc) is 3.35. The smallest absolute Gasteiger partial charge is 0.314 e. The Labute approximate surface area is 226 Å². The highest BCUT2D eigenvalue weighted by Gasteiger charge is 2.26. The zero-order chi connectivity index (χ0) is 27.3. The summed E-state index contributed by atoms with van der Waals surface area (Å²) in [5.74, 6) is 0.889. The van der Waals surface area contributed by atoms with Gasteiger partial charge in [0.15, 0.2) is 0 Å². The lowest BCUT2D eigenvalue weighted by Crippen LogP contribution is -2.51. The van der Waals surface area contributed by atoms with Gasteiger partial charge in [0.2, 0.25) is 0 Å². The molecule has 39 heavy (non-hydrogen) atoms. The number of H-pyrrole nitrogens is 3. The number of nitrogens with one attached hydrogen (secondary N) is 3. The number of imidazole rings is 1. The Morgan fingerprint density at radius 1 is 0.872 bits per heavy atom. The quantitative estimate of drug-likeness (QED) is 0.295. The Morgan fingerprint density at radius 2 is 1.62 bits per heavy atom. The van der Waals surface area contributed by atoms with Crippen LogP contribution in [-0.4, -0.2) is 50.5 Å². The molecule has 1 aliphatic heterocycles. The number of para-hydroxylation sites is 1. The van der Waals surface area contributed by atoms with E-state index in [9.17, 15) is 9.59 Å². The first kappa shape index (κ1) is 25.1. The van der Waals surface area contributed by atoms with E-state index in [1.165, 1.54) is 5.56 Å². The number of aromatic nitrogens is 4. The van der Waals surface area contributed by atoms with Crippen molar-refractivity contribution < 1.29 is 0 Å². The molecule has 0 unspecified atom stereocenters. The fourth-order valence-electron chi connectivity index (χ4n) is 5.48. The van der Waals surface area contributed by atoms with Gasteiger partial charge in [-0.15, -0.1) is 0 Å². The highest BCUT2D eigenvalue weighted by Crippen LogP contribution is 2.31. The van der Waals surface area contributed by atoms with E-state index in [0.29, 0.717) is 17.1 Å². The number of hydrogen-bond donors (Lipinski definition) is 3. The molecule has 0 radical (unpaired) electrons. The van der Waals surface area contributed by atoms with Crippen LogP contribution in [0.25, 0.3) is 33.5 Å². The minimum absolute atomic E-state index is 0.117. The van der Waals surface area contributed by atoms with Gasteiger partial charge in [-0.3, -0.25) is 14.5 Å². The third-order valence-electron chi connectivity index (χ3n) is 7.79. The van der Waals surface area contributed by atoms with Gasteiger partial charge in [0, 0.05) is 37.8 Å².